The van der Waals surface area contributed by atoms with Crippen LogP contribution in [0.4, 0.5) is 5.00 Å². The van der Waals surface area contributed by atoms with Gasteiger partial charge in [-0.25, -0.2) is 9.79 Å². The minimum atomic E-state index is -0.430. The van der Waals surface area contributed by atoms with Gasteiger partial charge < -0.3 is 9.47 Å². The number of carbonyl (C=O) groups is 1. The summed E-state index contributed by atoms with van der Waals surface area (Å²) in [6.07, 6.45) is 4.83. The lowest BCUT2D eigenvalue weighted by Crippen LogP contribution is -2.26. The summed E-state index contributed by atoms with van der Waals surface area (Å²) in [5.41, 5.74) is 3.48. The third-order valence-electron chi connectivity index (χ3n) is 6.33. The Morgan fingerprint density at radius 3 is 2.41 bits per heavy atom. The molecular formula is C28H28N2O3S. The first kappa shape index (κ1) is 23.7. The van der Waals surface area contributed by atoms with Crippen molar-refractivity contribution in [1.82, 2.24) is 0 Å². The van der Waals surface area contributed by atoms with Crippen molar-refractivity contribution in [3.8, 4) is 17.6 Å². The zero-order valence-electron chi connectivity index (χ0n) is 19.9. The van der Waals surface area contributed by atoms with E-state index >= 15 is 0 Å². The quantitative estimate of drug-likeness (QED) is 0.234. The highest BCUT2D eigenvalue weighted by Crippen LogP contribution is 2.44. The van der Waals surface area contributed by atoms with E-state index in [2.05, 4.69) is 31.8 Å². The van der Waals surface area contributed by atoms with Crippen LogP contribution < -0.4 is 9.47 Å². The summed E-state index contributed by atoms with van der Waals surface area (Å²) in [6, 6.07) is 16.3. The Labute approximate surface area is 204 Å². The fraction of sp³-hybridized carbons (Fsp3) is 0.321. The molecule has 0 N–H and O–H groups in total. The maximum Gasteiger partial charge on any atom is 0.343 e. The predicted molar refractivity (Wildman–Crippen MR) is 136 cm³/mol. The second-order valence-corrected chi connectivity index (χ2v) is 10.6. The van der Waals surface area contributed by atoms with Crippen LogP contribution in [-0.2, 0) is 12.8 Å². The lowest BCUT2D eigenvalue weighted by Gasteiger charge is -2.33. The van der Waals surface area contributed by atoms with Crippen LogP contribution in [-0.4, -0.2) is 19.3 Å². The number of nitrogens with zero attached hydrogens (tertiary/aromatic N) is 2. The van der Waals surface area contributed by atoms with Gasteiger partial charge in [0.15, 0.2) is 0 Å². The Morgan fingerprint density at radius 1 is 1.12 bits per heavy atom. The maximum absolute atomic E-state index is 12.3. The van der Waals surface area contributed by atoms with Gasteiger partial charge in [-0.3, -0.25) is 0 Å². The normalized spacial score (nSPS) is 15.6. The van der Waals surface area contributed by atoms with Gasteiger partial charge in [0.1, 0.15) is 22.6 Å². The number of benzene rings is 2. The molecule has 1 aromatic heterocycles. The van der Waals surface area contributed by atoms with Crippen LogP contribution in [0.1, 0.15) is 59.1 Å². The highest BCUT2D eigenvalue weighted by atomic mass is 32.1. The fourth-order valence-corrected chi connectivity index (χ4v) is 5.39. The molecule has 0 bridgehead atoms. The molecule has 2 aromatic carbocycles. The number of nitriles is 1. The second kappa shape index (κ2) is 9.82. The Balaban J connectivity index is 1.45. The number of methoxy groups -OCH3 is 1. The number of thiophene rings is 1. The van der Waals surface area contributed by atoms with Gasteiger partial charge in [-0.05, 0) is 90.3 Å². The van der Waals surface area contributed by atoms with E-state index in [-0.39, 0.29) is 5.41 Å². The molecule has 0 fully saturated rings. The van der Waals surface area contributed by atoms with Crippen molar-refractivity contribution < 1.29 is 14.3 Å². The molecule has 0 saturated carbocycles. The number of fused-ring (bicyclic) bond motifs is 1. The minimum absolute atomic E-state index is 0.260. The Morgan fingerprint density at radius 2 is 1.79 bits per heavy atom. The zero-order valence-corrected chi connectivity index (χ0v) is 20.7. The van der Waals surface area contributed by atoms with Gasteiger partial charge in [-0.15, -0.1) is 11.3 Å². The van der Waals surface area contributed by atoms with Crippen LogP contribution in [0.2, 0.25) is 0 Å². The van der Waals surface area contributed by atoms with Gasteiger partial charge in [-0.1, -0.05) is 20.8 Å². The molecule has 4 rings (SSSR count). The van der Waals surface area contributed by atoms with Crippen LogP contribution in [0.15, 0.2) is 53.5 Å². The smallest absolute Gasteiger partial charge is 0.343 e. The monoisotopic (exact) mass is 472 g/mol. The van der Waals surface area contributed by atoms with Crippen molar-refractivity contribution in [3.63, 3.8) is 0 Å². The molecule has 5 nitrogen and oxygen atoms in total. The van der Waals surface area contributed by atoms with Crippen LogP contribution in [0, 0.1) is 22.7 Å². The maximum atomic E-state index is 12.3. The first-order chi connectivity index (χ1) is 16.3. The van der Waals surface area contributed by atoms with E-state index in [0.717, 1.165) is 29.8 Å². The highest BCUT2D eigenvalue weighted by Gasteiger charge is 2.32. The molecule has 0 unspecified atom stereocenters. The van der Waals surface area contributed by atoms with E-state index in [1.807, 2.05) is 12.1 Å². The second-order valence-electron chi connectivity index (χ2n) is 9.55. The van der Waals surface area contributed by atoms with Gasteiger partial charge >= 0.3 is 5.97 Å². The summed E-state index contributed by atoms with van der Waals surface area (Å²) < 4.78 is 10.6. The van der Waals surface area contributed by atoms with E-state index in [1.54, 1.807) is 61.1 Å². The Bertz CT molecular complexity index is 1240. The van der Waals surface area contributed by atoms with E-state index in [9.17, 15) is 10.1 Å². The molecule has 3 aromatic rings. The van der Waals surface area contributed by atoms with Crippen molar-refractivity contribution in [2.24, 2.45) is 16.3 Å². The number of hydrogen-bond acceptors (Lipinski definition) is 6. The number of rotatable bonds is 5. The molecule has 1 aliphatic rings. The summed E-state index contributed by atoms with van der Waals surface area (Å²) in [6.45, 7) is 6.87. The number of hydrogen-bond donors (Lipinski definition) is 0. The van der Waals surface area contributed by atoms with Crippen LogP contribution in [0.25, 0.3) is 0 Å². The first-order valence-corrected chi connectivity index (χ1v) is 12.1. The third-order valence-corrected chi connectivity index (χ3v) is 7.49. The molecule has 0 saturated heterocycles. The summed E-state index contributed by atoms with van der Waals surface area (Å²) in [5, 5.41) is 10.5. The molecule has 1 aliphatic carbocycles. The molecule has 1 heterocycles. The molecule has 1 atom stereocenters. The highest BCUT2D eigenvalue weighted by molar-refractivity contribution is 7.16. The minimum Gasteiger partial charge on any atom is -0.497 e. The van der Waals surface area contributed by atoms with Gasteiger partial charge in [0.05, 0.1) is 18.2 Å². The van der Waals surface area contributed by atoms with Crippen molar-refractivity contribution >= 4 is 28.5 Å². The molecule has 0 spiro atoms. The van der Waals surface area contributed by atoms with Crippen LogP contribution >= 0.6 is 11.3 Å². The molecule has 0 amide bonds. The average molecular weight is 473 g/mol. The molecule has 0 radical (unpaired) electrons. The van der Waals surface area contributed by atoms with Crippen LogP contribution in [0.5, 0.6) is 11.5 Å². The molecule has 0 aliphatic heterocycles. The number of ether oxygens (including phenoxy) is 2. The zero-order chi connectivity index (χ0) is 24.3. The summed E-state index contributed by atoms with van der Waals surface area (Å²) in [5.74, 6) is 1.33. The van der Waals surface area contributed by atoms with Crippen molar-refractivity contribution in [3.05, 3.63) is 75.7 Å². The first-order valence-electron chi connectivity index (χ1n) is 11.3. The summed E-state index contributed by atoms with van der Waals surface area (Å²) in [4.78, 5) is 18.3. The van der Waals surface area contributed by atoms with Crippen molar-refractivity contribution in [2.45, 2.75) is 40.0 Å². The Hall–Kier alpha value is -3.43. The number of aliphatic imine (C=N–C) groups is 1. The number of esters is 1. The predicted octanol–water partition coefficient (Wildman–Crippen LogP) is 6.75. The van der Waals surface area contributed by atoms with Crippen molar-refractivity contribution in [1.29, 1.82) is 5.26 Å². The number of carbonyl (C=O) groups excluding carboxylic acids is 1. The largest absolute Gasteiger partial charge is 0.497 e. The molecule has 6 heteroatoms. The van der Waals surface area contributed by atoms with Gasteiger partial charge in [0.2, 0.25) is 0 Å². The van der Waals surface area contributed by atoms with Gasteiger partial charge in [0, 0.05) is 11.1 Å². The standard InChI is InChI=1S/C28H28N2O3S/c1-28(2,3)20-9-14-23-24(16-29)26(34-25(23)15-20)30-17-18-5-10-22(11-6-18)33-27(31)19-7-12-21(32-4)13-8-19/h5-8,10-13,17,20H,9,14-15H2,1-4H3/t20-/m0/s1. The lowest BCUT2D eigenvalue weighted by atomic mass is 9.72. The Kier molecular flexibility index (Phi) is 6.85. The van der Waals surface area contributed by atoms with E-state index in [4.69, 9.17) is 9.47 Å². The lowest BCUT2D eigenvalue weighted by molar-refractivity contribution is 0.0734. The van der Waals surface area contributed by atoms with Gasteiger partial charge in [-0.2, -0.15) is 5.26 Å². The average Bonchev–Trinajstić information content (AvgIpc) is 3.19. The SMILES string of the molecule is COc1ccc(C(=O)Oc2ccc(C=Nc3sc4c(c3C#N)CC[C@H](C(C)(C)C)C4)cc2)cc1. The van der Waals surface area contributed by atoms with E-state index in [0.29, 0.717) is 28.5 Å². The molecular weight excluding hydrogens is 444 g/mol. The fourth-order valence-electron chi connectivity index (χ4n) is 4.17. The topological polar surface area (TPSA) is 71.7 Å². The van der Waals surface area contributed by atoms with Crippen LogP contribution in [0.3, 0.4) is 0 Å². The summed E-state index contributed by atoms with van der Waals surface area (Å²) in [7, 11) is 1.58. The van der Waals surface area contributed by atoms with Crippen molar-refractivity contribution in [2.75, 3.05) is 7.11 Å². The van der Waals surface area contributed by atoms with E-state index < -0.39 is 5.97 Å². The molecule has 174 valence electrons. The van der Waals surface area contributed by atoms with E-state index in [1.165, 1.54) is 10.4 Å². The third kappa shape index (κ3) is 5.21. The van der Waals surface area contributed by atoms with Gasteiger partial charge in [0.25, 0.3) is 0 Å². The summed E-state index contributed by atoms with van der Waals surface area (Å²) >= 11 is 1.64. The molecule has 34 heavy (non-hydrogen) atoms.